The van der Waals surface area contributed by atoms with Gasteiger partial charge in [0.05, 0.1) is 20.3 Å². The number of sulfonamides is 1. The third kappa shape index (κ3) is 3.32. The average Bonchev–Trinajstić information content (AvgIpc) is 2.60. The average molecular weight is 349 g/mol. The Kier molecular flexibility index (Phi) is 4.64. The number of benzene rings is 2. The van der Waals surface area contributed by atoms with Crippen molar-refractivity contribution in [2.24, 2.45) is 0 Å². The molecule has 7 heteroatoms. The third-order valence-corrected chi connectivity index (χ3v) is 5.40. The first kappa shape index (κ1) is 16.6. The summed E-state index contributed by atoms with van der Waals surface area (Å²) in [5.41, 5.74) is 0.981. The molecule has 0 unspecified atom stereocenters. The van der Waals surface area contributed by atoms with Gasteiger partial charge >= 0.3 is 0 Å². The lowest BCUT2D eigenvalue weighted by Gasteiger charge is -2.26. The van der Waals surface area contributed by atoms with E-state index in [2.05, 4.69) is 4.72 Å². The van der Waals surface area contributed by atoms with Crippen LogP contribution in [0, 0.1) is 0 Å². The van der Waals surface area contributed by atoms with Crippen LogP contribution in [0.25, 0.3) is 0 Å². The predicted octanol–water partition coefficient (Wildman–Crippen LogP) is 1.99. The minimum atomic E-state index is -3.77. The Morgan fingerprint density at radius 1 is 1.12 bits per heavy atom. The number of fused-ring (bicyclic) bond motifs is 1. The van der Waals surface area contributed by atoms with Gasteiger partial charge in [-0.15, -0.1) is 0 Å². The maximum absolute atomic E-state index is 12.8. The topological polar surface area (TPSA) is 73.9 Å². The van der Waals surface area contributed by atoms with Gasteiger partial charge in [0.1, 0.15) is 28.8 Å². The Hall–Kier alpha value is -2.25. The molecule has 0 fully saturated rings. The summed E-state index contributed by atoms with van der Waals surface area (Å²) in [7, 11) is -0.858. The zero-order chi connectivity index (χ0) is 17.2. The van der Waals surface area contributed by atoms with E-state index in [1.807, 2.05) is 24.3 Å². The lowest BCUT2D eigenvalue weighted by molar-refractivity contribution is 0.254. The van der Waals surface area contributed by atoms with Gasteiger partial charge in [0.15, 0.2) is 0 Å². The van der Waals surface area contributed by atoms with Gasteiger partial charge in [-0.3, -0.25) is 0 Å². The summed E-state index contributed by atoms with van der Waals surface area (Å²) in [4.78, 5) is 0.0446. The highest BCUT2D eigenvalue weighted by atomic mass is 32.2. The zero-order valence-electron chi connectivity index (χ0n) is 13.5. The molecule has 0 amide bonds. The maximum atomic E-state index is 12.8. The van der Waals surface area contributed by atoms with Gasteiger partial charge in [-0.25, -0.2) is 13.1 Å². The van der Waals surface area contributed by atoms with Gasteiger partial charge in [0, 0.05) is 6.07 Å². The van der Waals surface area contributed by atoms with Crippen molar-refractivity contribution in [2.75, 3.05) is 20.8 Å². The zero-order valence-corrected chi connectivity index (χ0v) is 14.3. The molecule has 1 aliphatic rings. The SMILES string of the molecule is COc1ccc(OC)c(S(=O)(=O)N[C@H]2COc3ccccc3C2)c1. The predicted molar refractivity (Wildman–Crippen MR) is 89.3 cm³/mol. The van der Waals surface area contributed by atoms with Gasteiger partial charge in [-0.05, 0) is 30.2 Å². The largest absolute Gasteiger partial charge is 0.497 e. The molecular weight excluding hydrogens is 330 g/mol. The van der Waals surface area contributed by atoms with E-state index in [1.165, 1.54) is 20.3 Å². The van der Waals surface area contributed by atoms with Crippen LogP contribution in [0.3, 0.4) is 0 Å². The van der Waals surface area contributed by atoms with Crippen molar-refractivity contribution in [3.8, 4) is 17.2 Å². The van der Waals surface area contributed by atoms with Crippen molar-refractivity contribution in [2.45, 2.75) is 17.4 Å². The van der Waals surface area contributed by atoms with E-state index in [0.717, 1.165) is 11.3 Å². The van der Waals surface area contributed by atoms with E-state index < -0.39 is 10.0 Å². The van der Waals surface area contributed by atoms with E-state index in [4.69, 9.17) is 14.2 Å². The fourth-order valence-corrected chi connectivity index (χ4v) is 4.09. The molecule has 1 heterocycles. The van der Waals surface area contributed by atoms with Crippen LogP contribution in [-0.4, -0.2) is 35.3 Å². The first-order valence-electron chi connectivity index (χ1n) is 7.48. The van der Waals surface area contributed by atoms with E-state index in [1.54, 1.807) is 12.1 Å². The fraction of sp³-hybridized carbons (Fsp3) is 0.294. The molecule has 6 nitrogen and oxygen atoms in total. The first-order chi connectivity index (χ1) is 11.5. The minimum Gasteiger partial charge on any atom is -0.497 e. The second kappa shape index (κ2) is 6.70. The molecule has 1 aliphatic heterocycles. The molecule has 2 aromatic carbocycles. The number of nitrogens with one attached hydrogen (secondary N) is 1. The summed E-state index contributed by atoms with van der Waals surface area (Å²) in [6.45, 7) is 0.280. The van der Waals surface area contributed by atoms with Gasteiger partial charge < -0.3 is 14.2 Å². The summed E-state index contributed by atoms with van der Waals surface area (Å²) >= 11 is 0. The Bertz CT molecular complexity index is 835. The Morgan fingerprint density at radius 2 is 1.92 bits per heavy atom. The van der Waals surface area contributed by atoms with E-state index in [9.17, 15) is 8.42 Å². The number of hydrogen-bond donors (Lipinski definition) is 1. The molecule has 3 rings (SSSR count). The van der Waals surface area contributed by atoms with Crippen LogP contribution >= 0.6 is 0 Å². The highest BCUT2D eigenvalue weighted by Crippen LogP contribution is 2.29. The molecule has 128 valence electrons. The molecule has 0 saturated heterocycles. The molecule has 24 heavy (non-hydrogen) atoms. The van der Waals surface area contributed by atoms with Crippen LogP contribution < -0.4 is 18.9 Å². The number of hydrogen-bond acceptors (Lipinski definition) is 5. The lowest BCUT2D eigenvalue weighted by atomic mass is 10.0. The normalized spacial score (nSPS) is 16.8. The van der Waals surface area contributed by atoms with Crippen LogP contribution in [0.15, 0.2) is 47.4 Å². The summed E-state index contributed by atoms with van der Waals surface area (Å²) < 4.78 is 44.1. The molecule has 1 atom stereocenters. The molecule has 0 aliphatic carbocycles. The van der Waals surface area contributed by atoms with Gasteiger partial charge in [-0.1, -0.05) is 18.2 Å². The number of para-hydroxylation sites is 1. The quantitative estimate of drug-likeness (QED) is 0.894. The third-order valence-electron chi connectivity index (χ3n) is 3.86. The van der Waals surface area contributed by atoms with E-state index >= 15 is 0 Å². The standard InChI is InChI=1S/C17H19NO5S/c1-21-14-7-8-16(22-2)17(10-14)24(19,20)18-13-9-12-5-3-4-6-15(12)23-11-13/h3-8,10,13,18H,9,11H2,1-2H3/t13-/m1/s1. The minimum absolute atomic E-state index is 0.0446. The molecule has 0 spiro atoms. The molecule has 0 radical (unpaired) electrons. The van der Waals surface area contributed by atoms with Crippen LogP contribution in [0.2, 0.25) is 0 Å². The molecular formula is C17H19NO5S. The van der Waals surface area contributed by atoms with Gasteiger partial charge in [0.25, 0.3) is 0 Å². The Balaban J connectivity index is 1.85. The number of methoxy groups -OCH3 is 2. The fourth-order valence-electron chi connectivity index (χ4n) is 2.68. The van der Waals surface area contributed by atoms with E-state index in [-0.39, 0.29) is 23.3 Å². The summed E-state index contributed by atoms with van der Waals surface area (Å²) in [6.07, 6.45) is 0.571. The molecule has 1 N–H and O–H groups in total. The van der Waals surface area contributed by atoms with Crippen LogP contribution in [0.4, 0.5) is 0 Å². The van der Waals surface area contributed by atoms with Crippen molar-refractivity contribution in [3.05, 3.63) is 48.0 Å². The number of ether oxygens (including phenoxy) is 3. The summed E-state index contributed by atoms with van der Waals surface area (Å²) in [5, 5.41) is 0. The second-order valence-corrected chi connectivity index (χ2v) is 7.14. The highest BCUT2D eigenvalue weighted by molar-refractivity contribution is 7.89. The summed E-state index contributed by atoms with van der Waals surface area (Å²) in [5.74, 6) is 1.51. The number of rotatable bonds is 5. The van der Waals surface area contributed by atoms with Crippen molar-refractivity contribution >= 4 is 10.0 Å². The maximum Gasteiger partial charge on any atom is 0.244 e. The smallest absolute Gasteiger partial charge is 0.244 e. The monoisotopic (exact) mass is 349 g/mol. The first-order valence-corrected chi connectivity index (χ1v) is 8.97. The van der Waals surface area contributed by atoms with Crippen LogP contribution in [0.1, 0.15) is 5.56 Å². The Morgan fingerprint density at radius 3 is 2.67 bits per heavy atom. The molecule has 0 bridgehead atoms. The van der Waals surface area contributed by atoms with Gasteiger partial charge in [0.2, 0.25) is 10.0 Å². The molecule has 0 aromatic heterocycles. The van der Waals surface area contributed by atoms with Crippen LogP contribution in [-0.2, 0) is 16.4 Å². The van der Waals surface area contributed by atoms with Crippen molar-refractivity contribution in [1.29, 1.82) is 0 Å². The Labute approximate surface area is 141 Å². The van der Waals surface area contributed by atoms with Gasteiger partial charge in [-0.2, -0.15) is 0 Å². The molecule has 2 aromatic rings. The molecule has 0 saturated carbocycles. The van der Waals surface area contributed by atoms with Crippen molar-refractivity contribution in [1.82, 2.24) is 4.72 Å². The van der Waals surface area contributed by atoms with Crippen molar-refractivity contribution < 1.29 is 22.6 Å². The summed E-state index contributed by atoms with van der Waals surface area (Å²) in [6, 6.07) is 11.9. The van der Waals surface area contributed by atoms with Crippen molar-refractivity contribution in [3.63, 3.8) is 0 Å². The van der Waals surface area contributed by atoms with Crippen LogP contribution in [0.5, 0.6) is 17.2 Å². The lowest BCUT2D eigenvalue weighted by Crippen LogP contribution is -2.42. The highest BCUT2D eigenvalue weighted by Gasteiger charge is 2.27. The second-order valence-electron chi connectivity index (χ2n) is 5.46. The van der Waals surface area contributed by atoms with E-state index in [0.29, 0.717) is 12.2 Å².